The summed E-state index contributed by atoms with van der Waals surface area (Å²) in [4.78, 5) is 26.4. The van der Waals surface area contributed by atoms with Crippen LogP contribution in [-0.4, -0.2) is 26.9 Å². The number of thiazole rings is 1. The quantitative estimate of drug-likeness (QED) is 0.269. The van der Waals surface area contributed by atoms with E-state index in [1.165, 1.54) is 24.2 Å². The molecule has 5 rings (SSSR count). The highest BCUT2D eigenvalue weighted by atomic mass is 32.2. The molecule has 1 amide bonds. The molecule has 2 aromatic carbocycles. The van der Waals surface area contributed by atoms with Crippen LogP contribution in [0.1, 0.15) is 29.1 Å². The van der Waals surface area contributed by atoms with E-state index in [-0.39, 0.29) is 12.3 Å². The number of nitrogens with zero attached hydrogens (tertiary/aromatic N) is 3. The third-order valence-corrected chi connectivity index (χ3v) is 6.87. The van der Waals surface area contributed by atoms with Gasteiger partial charge in [0.2, 0.25) is 5.91 Å². The van der Waals surface area contributed by atoms with Crippen molar-refractivity contribution in [2.24, 2.45) is 0 Å². The van der Waals surface area contributed by atoms with Crippen molar-refractivity contribution in [3.05, 3.63) is 70.2 Å². The predicted octanol–water partition coefficient (Wildman–Crippen LogP) is 5.44. The number of fused-ring (bicyclic) bond motifs is 1. The number of hydrogen-bond acceptors (Lipinski definition) is 7. The lowest BCUT2D eigenvalue weighted by atomic mass is 10.2. The van der Waals surface area contributed by atoms with Crippen LogP contribution in [0.3, 0.4) is 0 Å². The molecular formula is C24H23N5OS2. The Kier molecular flexibility index (Phi) is 6.05. The molecule has 1 fully saturated rings. The highest BCUT2D eigenvalue weighted by Crippen LogP contribution is 2.30. The number of aromatic nitrogens is 3. The predicted molar refractivity (Wildman–Crippen MR) is 131 cm³/mol. The Morgan fingerprint density at radius 2 is 1.91 bits per heavy atom. The number of anilines is 2. The number of aryl methyl sites for hydroxylation is 1. The van der Waals surface area contributed by atoms with Crippen LogP contribution in [-0.2, 0) is 17.0 Å². The van der Waals surface area contributed by atoms with Gasteiger partial charge in [-0.05, 0) is 44.0 Å². The highest BCUT2D eigenvalue weighted by molar-refractivity contribution is 7.98. The molecule has 0 spiro atoms. The Morgan fingerprint density at radius 3 is 2.72 bits per heavy atom. The van der Waals surface area contributed by atoms with Crippen LogP contribution >= 0.6 is 23.1 Å². The minimum Gasteiger partial charge on any atom is -0.367 e. The van der Waals surface area contributed by atoms with E-state index in [2.05, 4.69) is 21.7 Å². The fourth-order valence-electron chi connectivity index (χ4n) is 3.27. The van der Waals surface area contributed by atoms with Gasteiger partial charge in [0.1, 0.15) is 10.8 Å². The van der Waals surface area contributed by atoms with Crippen LogP contribution in [0.15, 0.2) is 59.1 Å². The van der Waals surface area contributed by atoms with Crippen LogP contribution in [0.5, 0.6) is 0 Å². The molecule has 8 heteroatoms. The van der Waals surface area contributed by atoms with Gasteiger partial charge in [0.15, 0.2) is 5.16 Å². The Morgan fingerprint density at radius 1 is 1.09 bits per heavy atom. The molecule has 0 saturated heterocycles. The number of rotatable bonds is 8. The van der Waals surface area contributed by atoms with Gasteiger partial charge < -0.3 is 10.6 Å². The first kappa shape index (κ1) is 20.9. The maximum Gasteiger partial charge on any atom is 0.231 e. The van der Waals surface area contributed by atoms with Crippen molar-refractivity contribution in [1.29, 1.82) is 0 Å². The molecule has 0 bridgehead atoms. The molecule has 1 saturated carbocycles. The van der Waals surface area contributed by atoms with E-state index in [9.17, 15) is 4.79 Å². The molecule has 2 N–H and O–H groups in total. The largest absolute Gasteiger partial charge is 0.367 e. The summed E-state index contributed by atoms with van der Waals surface area (Å²) in [6, 6.07) is 16.4. The molecule has 0 aliphatic heterocycles. The van der Waals surface area contributed by atoms with E-state index in [1.54, 1.807) is 11.8 Å². The average Bonchev–Trinajstić information content (AvgIpc) is 3.50. The van der Waals surface area contributed by atoms with Gasteiger partial charge in [-0.1, -0.05) is 41.6 Å². The number of hydrogen-bond donors (Lipinski definition) is 2. The molecular weight excluding hydrogens is 438 g/mol. The van der Waals surface area contributed by atoms with Gasteiger partial charge in [0.05, 0.1) is 17.6 Å². The highest BCUT2D eigenvalue weighted by Gasteiger charge is 2.22. The lowest BCUT2D eigenvalue weighted by Gasteiger charge is -2.09. The first-order chi connectivity index (χ1) is 15.6. The third-order valence-electron chi connectivity index (χ3n) is 5.10. The summed E-state index contributed by atoms with van der Waals surface area (Å²) in [7, 11) is 0. The third kappa shape index (κ3) is 5.26. The zero-order valence-electron chi connectivity index (χ0n) is 17.7. The van der Waals surface area contributed by atoms with Crippen LogP contribution in [0.25, 0.3) is 10.9 Å². The van der Waals surface area contributed by atoms with Gasteiger partial charge in [-0.15, -0.1) is 11.3 Å². The molecule has 2 aromatic heterocycles. The molecule has 0 radical (unpaired) electrons. The summed E-state index contributed by atoms with van der Waals surface area (Å²) < 4.78 is 0. The molecule has 2 heterocycles. The van der Waals surface area contributed by atoms with E-state index < -0.39 is 0 Å². The standard InChI is InChI=1S/C24H23N5OS2/c1-15-6-8-16(9-7-15)25-21(30)12-22-26-18(13-31-22)14-32-24-28-20-5-3-2-4-19(20)23(29-24)27-17-10-11-17/h2-9,13,17H,10-12,14H2,1H3,(H,25,30)(H,27,28,29). The van der Waals surface area contributed by atoms with Crippen molar-refractivity contribution >= 4 is 51.4 Å². The Bertz CT molecular complexity index is 1250. The van der Waals surface area contributed by atoms with Crippen LogP contribution in [0, 0.1) is 6.92 Å². The van der Waals surface area contributed by atoms with Crippen LogP contribution < -0.4 is 10.6 Å². The summed E-state index contributed by atoms with van der Waals surface area (Å²) in [5, 5.41) is 11.0. The van der Waals surface area contributed by atoms with Crippen molar-refractivity contribution in [1.82, 2.24) is 15.0 Å². The second kappa shape index (κ2) is 9.26. The van der Waals surface area contributed by atoms with Crippen LogP contribution in [0.2, 0.25) is 0 Å². The Balaban J connectivity index is 1.21. The summed E-state index contributed by atoms with van der Waals surface area (Å²) in [6.45, 7) is 2.02. The number of benzene rings is 2. The van der Waals surface area contributed by atoms with E-state index in [0.29, 0.717) is 11.8 Å². The maximum atomic E-state index is 12.3. The van der Waals surface area contributed by atoms with Gasteiger partial charge in [-0.2, -0.15) is 0 Å². The Labute approximate surface area is 194 Å². The van der Waals surface area contributed by atoms with Crippen molar-refractivity contribution in [2.45, 2.75) is 43.1 Å². The average molecular weight is 462 g/mol. The molecule has 162 valence electrons. The number of thioether (sulfide) groups is 1. The molecule has 0 unspecified atom stereocenters. The number of carbonyl (C=O) groups is 1. The topological polar surface area (TPSA) is 79.8 Å². The SMILES string of the molecule is Cc1ccc(NC(=O)Cc2nc(CSc3nc(NC4CC4)c4ccccc4n3)cs2)cc1. The van der Waals surface area contributed by atoms with Gasteiger partial charge in [-0.25, -0.2) is 15.0 Å². The summed E-state index contributed by atoms with van der Waals surface area (Å²) in [5.74, 6) is 1.51. The zero-order valence-corrected chi connectivity index (χ0v) is 19.3. The molecule has 32 heavy (non-hydrogen) atoms. The summed E-state index contributed by atoms with van der Waals surface area (Å²) in [5.41, 5.74) is 3.85. The fraction of sp³-hybridized carbons (Fsp3) is 0.250. The maximum absolute atomic E-state index is 12.3. The zero-order chi connectivity index (χ0) is 21.9. The number of carbonyl (C=O) groups excluding carboxylic acids is 1. The second-order valence-electron chi connectivity index (χ2n) is 7.90. The van der Waals surface area contributed by atoms with E-state index in [0.717, 1.165) is 43.8 Å². The van der Waals surface area contributed by atoms with Crippen molar-refractivity contribution in [3.63, 3.8) is 0 Å². The Hall–Kier alpha value is -2.97. The van der Waals surface area contributed by atoms with E-state index in [4.69, 9.17) is 9.97 Å². The van der Waals surface area contributed by atoms with Crippen molar-refractivity contribution in [3.8, 4) is 0 Å². The van der Waals surface area contributed by atoms with Crippen molar-refractivity contribution in [2.75, 3.05) is 10.6 Å². The normalized spacial score (nSPS) is 13.3. The van der Waals surface area contributed by atoms with Gasteiger partial charge in [0, 0.05) is 28.2 Å². The molecule has 1 aliphatic rings. The lowest BCUT2D eigenvalue weighted by molar-refractivity contribution is -0.115. The second-order valence-corrected chi connectivity index (χ2v) is 9.79. The minimum absolute atomic E-state index is 0.0592. The molecule has 1 aliphatic carbocycles. The minimum atomic E-state index is -0.0592. The molecule has 4 aromatic rings. The van der Waals surface area contributed by atoms with E-state index in [1.807, 2.05) is 54.8 Å². The number of nitrogens with one attached hydrogen (secondary N) is 2. The van der Waals surface area contributed by atoms with Crippen molar-refractivity contribution < 1.29 is 4.79 Å². The summed E-state index contributed by atoms with van der Waals surface area (Å²) in [6.07, 6.45) is 2.66. The first-order valence-electron chi connectivity index (χ1n) is 10.6. The van der Waals surface area contributed by atoms with Crippen LogP contribution in [0.4, 0.5) is 11.5 Å². The smallest absolute Gasteiger partial charge is 0.231 e. The number of amides is 1. The van der Waals surface area contributed by atoms with Gasteiger partial charge >= 0.3 is 0 Å². The van der Waals surface area contributed by atoms with E-state index >= 15 is 0 Å². The molecule has 0 atom stereocenters. The number of para-hydroxylation sites is 1. The fourth-order valence-corrected chi connectivity index (χ4v) is 4.91. The monoisotopic (exact) mass is 461 g/mol. The van der Waals surface area contributed by atoms with Gasteiger partial charge in [-0.3, -0.25) is 4.79 Å². The first-order valence-corrected chi connectivity index (χ1v) is 12.4. The lowest BCUT2D eigenvalue weighted by Crippen LogP contribution is -2.14. The summed E-state index contributed by atoms with van der Waals surface area (Å²) >= 11 is 3.08. The molecule has 6 nitrogen and oxygen atoms in total. The van der Waals surface area contributed by atoms with Gasteiger partial charge in [0.25, 0.3) is 0 Å².